The molecule has 0 unspecified atom stereocenters. The van der Waals surface area contributed by atoms with Gasteiger partial charge in [-0.25, -0.2) is 9.59 Å². The standard InChI is InChI=1S/C23H21NO5/c1-2-11-28-15-12-21(22(25)26)24(13-15)23(27)29-14-20-18-9-5-3-7-16(18)17-8-4-6-10-19(17)20/h1,3-10,15,20-21H,11-14H2,(H,25,26)/t15-,21-/m1/s1. The third-order valence-corrected chi connectivity index (χ3v) is 5.52. The van der Waals surface area contributed by atoms with Gasteiger partial charge in [0.25, 0.3) is 0 Å². The average Bonchev–Trinajstić information content (AvgIpc) is 3.30. The number of hydrogen-bond acceptors (Lipinski definition) is 4. The van der Waals surface area contributed by atoms with Crippen LogP contribution in [0.5, 0.6) is 0 Å². The summed E-state index contributed by atoms with van der Waals surface area (Å²) >= 11 is 0. The highest BCUT2D eigenvalue weighted by Crippen LogP contribution is 2.44. The lowest BCUT2D eigenvalue weighted by molar-refractivity contribution is -0.141. The van der Waals surface area contributed by atoms with Gasteiger partial charge in [-0.05, 0) is 22.3 Å². The van der Waals surface area contributed by atoms with Crippen LogP contribution in [0.1, 0.15) is 23.5 Å². The number of ether oxygens (including phenoxy) is 2. The van der Waals surface area contributed by atoms with E-state index in [4.69, 9.17) is 15.9 Å². The van der Waals surface area contributed by atoms with E-state index in [1.54, 1.807) is 0 Å². The molecule has 2 aromatic rings. The van der Waals surface area contributed by atoms with Crippen LogP contribution in [0.25, 0.3) is 11.1 Å². The third-order valence-electron chi connectivity index (χ3n) is 5.52. The number of terminal acetylenes is 1. The van der Waals surface area contributed by atoms with Crippen LogP contribution in [-0.4, -0.2) is 54.0 Å². The maximum Gasteiger partial charge on any atom is 0.410 e. The Hall–Kier alpha value is -3.30. The first-order chi connectivity index (χ1) is 14.1. The van der Waals surface area contributed by atoms with E-state index < -0.39 is 24.2 Å². The second-order valence-electron chi connectivity index (χ2n) is 7.18. The van der Waals surface area contributed by atoms with E-state index >= 15 is 0 Å². The van der Waals surface area contributed by atoms with Crippen LogP contribution in [0.4, 0.5) is 4.79 Å². The third kappa shape index (κ3) is 3.57. The van der Waals surface area contributed by atoms with Crippen molar-refractivity contribution in [3.8, 4) is 23.5 Å². The average molecular weight is 391 g/mol. The number of fused-ring (bicyclic) bond motifs is 3. The van der Waals surface area contributed by atoms with E-state index in [0.717, 1.165) is 22.3 Å². The van der Waals surface area contributed by atoms with Crippen molar-refractivity contribution in [1.29, 1.82) is 0 Å². The quantitative estimate of drug-likeness (QED) is 0.793. The van der Waals surface area contributed by atoms with Crippen LogP contribution in [0.3, 0.4) is 0 Å². The maximum atomic E-state index is 12.7. The Labute approximate surface area is 169 Å². The number of carboxylic acids is 1. The summed E-state index contributed by atoms with van der Waals surface area (Å²) in [5, 5.41) is 9.47. The summed E-state index contributed by atoms with van der Waals surface area (Å²) in [4.78, 5) is 25.5. The van der Waals surface area contributed by atoms with E-state index in [-0.39, 0.29) is 32.1 Å². The Morgan fingerprint density at radius 3 is 2.31 bits per heavy atom. The Bertz CT molecular complexity index is 934. The molecule has 1 aliphatic carbocycles. The van der Waals surface area contributed by atoms with Crippen molar-refractivity contribution in [3.63, 3.8) is 0 Å². The molecule has 148 valence electrons. The molecule has 1 amide bonds. The molecule has 2 atom stereocenters. The van der Waals surface area contributed by atoms with E-state index in [9.17, 15) is 14.7 Å². The number of likely N-dealkylation sites (tertiary alicyclic amines) is 1. The number of nitrogens with zero attached hydrogens (tertiary/aromatic N) is 1. The van der Waals surface area contributed by atoms with Crippen molar-refractivity contribution in [1.82, 2.24) is 4.90 Å². The topological polar surface area (TPSA) is 76.1 Å². The normalized spacial score (nSPS) is 20.0. The van der Waals surface area contributed by atoms with Gasteiger partial charge >= 0.3 is 12.1 Å². The molecule has 1 N–H and O–H groups in total. The van der Waals surface area contributed by atoms with Crippen molar-refractivity contribution >= 4 is 12.1 Å². The molecule has 4 rings (SSSR count). The fraction of sp³-hybridized carbons (Fsp3) is 0.304. The monoisotopic (exact) mass is 391 g/mol. The second kappa shape index (κ2) is 7.98. The maximum absolute atomic E-state index is 12.7. The molecule has 0 saturated carbocycles. The summed E-state index contributed by atoms with van der Waals surface area (Å²) in [5.74, 6) is 1.20. The number of benzene rings is 2. The summed E-state index contributed by atoms with van der Waals surface area (Å²) in [6.45, 7) is 0.371. The lowest BCUT2D eigenvalue weighted by Gasteiger charge is -2.22. The van der Waals surface area contributed by atoms with Crippen LogP contribution < -0.4 is 0 Å². The van der Waals surface area contributed by atoms with Crippen molar-refractivity contribution in [2.75, 3.05) is 19.8 Å². The molecule has 2 aromatic carbocycles. The highest BCUT2D eigenvalue weighted by atomic mass is 16.6. The number of amides is 1. The van der Waals surface area contributed by atoms with Crippen LogP contribution in [0, 0.1) is 12.3 Å². The summed E-state index contributed by atoms with van der Waals surface area (Å²) < 4.78 is 11.0. The van der Waals surface area contributed by atoms with Gasteiger partial charge in [0, 0.05) is 12.3 Å². The van der Waals surface area contributed by atoms with Gasteiger partial charge in [0.1, 0.15) is 19.3 Å². The molecule has 1 aliphatic heterocycles. The molecule has 1 fully saturated rings. The van der Waals surface area contributed by atoms with Gasteiger partial charge in [-0.3, -0.25) is 4.90 Å². The predicted octanol–water partition coefficient (Wildman–Crippen LogP) is 3.11. The number of carbonyl (C=O) groups excluding carboxylic acids is 1. The molecular weight excluding hydrogens is 370 g/mol. The first-order valence-electron chi connectivity index (χ1n) is 9.49. The largest absolute Gasteiger partial charge is 0.480 e. The zero-order valence-electron chi connectivity index (χ0n) is 15.8. The predicted molar refractivity (Wildman–Crippen MR) is 106 cm³/mol. The Morgan fingerprint density at radius 1 is 1.10 bits per heavy atom. The minimum Gasteiger partial charge on any atom is -0.480 e. The molecule has 6 heteroatoms. The molecular formula is C23H21NO5. The summed E-state index contributed by atoms with van der Waals surface area (Å²) in [6.07, 6.45) is 4.33. The molecule has 1 saturated heterocycles. The van der Waals surface area contributed by atoms with E-state index in [1.807, 2.05) is 36.4 Å². The van der Waals surface area contributed by atoms with Crippen LogP contribution in [-0.2, 0) is 14.3 Å². The molecule has 0 aromatic heterocycles. The molecule has 0 radical (unpaired) electrons. The van der Waals surface area contributed by atoms with Gasteiger partial charge in [-0.1, -0.05) is 54.5 Å². The molecule has 29 heavy (non-hydrogen) atoms. The molecule has 1 heterocycles. The number of carbonyl (C=O) groups is 2. The summed E-state index contributed by atoms with van der Waals surface area (Å²) in [7, 11) is 0. The van der Waals surface area contributed by atoms with Crippen molar-refractivity contribution in [2.24, 2.45) is 0 Å². The Morgan fingerprint density at radius 2 is 1.72 bits per heavy atom. The van der Waals surface area contributed by atoms with Gasteiger partial charge in [0.15, 0.2) is 0 Å². The molecule has 0 bridgehead atoms. The number of carboxylic acid groups (broad SMARTS) is 1. The lowest BCUT2D eigenvalue weighted by Crippen LogP contribution is -2.41. The van der Waals surface area contributed by atoms with E-state index in [2.05, 4.69) is 18.1 Å². The molecule has 0 spiro atoms. The highest BCUT2D eigenvalue weighted by molar-refractivity contribution is 5.81. The zero-order chi connectivity index (χ0) is 20.4. The molecule has 2 aliphatic rings. The van der Waals surface area contributed by atoms with Crippen molar-refractivity contribution in [2.45, 2.75) is 24.5 Å². The van der Waals surface area contributed by atoms with Crippen molar-refractivity contribution < 1.29 is 24.2 Å². The first-order valence-corrected chi connectivity index (χ1v) is 9.49. The fourth-order valence-corrected chi connectivity index (χ4v) is 4.20. The summed E-state index contributed by atoms with van der Waals surface area (Å²) in [6, 6.07) is 15.1. The Kier molecular flexibility index (Phi) is 5.24. The van der Waals surface area contributed by atoms with Gasteiger partial charge in [0.2, 0.25) is 0 Å². The van der Waals surface area contributed by atoms with Gasteiger partial charge < -0.3 is 14.6 Å². The second-order valence-corrected chi connectivity index (χ2v) is 7.18. The van der Waals surface area contributed by atoms with Crippen LogP contribution >= 0.6 is 0 Å². The van der Waals surface area contributed by atoms with Gasteiger partial charge in [-0.2, -0.15) is 0 Å². The fourth-order valence-electron chi connectivity index (χ4n) is 4.20. The van der Waals surface area contributed by atoms with Crippen LogP contribution in [0.15, 0.2) is 48.5 Å². The number of aliphatic carboxylic acids is 1. The molecule has 6 nitrogen and oxygen atoms in total. The first kappa shape index (κ1) is 19.0. The van der Waals surface area contributed by atoms with Crippen LogP contribution in [0.2, 0.25) is 0 Å². The van der Waals surface area contributed by atoms with Gasteiger partial charge in [0.05, 0.1) is 12.6 Å². The van der Waals surface area contributed by atoms with Gasteiger partial charge in [-0.15, -0.1) is 6.42 Å². The summed E-state index contributed by atoms with van der Waals surface area (Å²) in [5.41, 5.74) is 4.48. The number of hydrogen-bond donors (Lipinski definition) is 1. The van der Waals surface area contributed by atoms with E-state index in [0.29, 0.717) is 0 Å². The zero-order valence-corrected chi connectivity index (χ0v) is 15.8. The number of rotatable bonds is 5. The smallest absolute Gasteiger partial charge is 0.410 e. The highest BCUT2D eigenvalue weighted by Gasteiger charge is 2.41. The van der Waals surface area contributed by atoms with E-state index in [1.165, 1.54) is 4.90 Å². The lowest BCUT2D eigenvalue weighted by atomic mass is 9.98. The SMILES string of the molecule is C#CCO[C@@H]1C[C@H](C(=O)O)N(C(=O)OCC2c3ccccc3-c3ccccc32)C1. The minimum absolute atomic E-state index is 0.0780. The Balaban J connectivity index is 1.48. The minimum atomic E-state index is -1.08. The van der Waals surface area contributed by atoms with Crippen molar-refractivity contribution in [3.05, 3.63) is 59.7 Å².